The van der Waals surface area contributed by atoms with Crippen LogP contribution in [0.4, 0.5) is 0 Å². The average molecular weight is 241 g/mol. The van der Waals surface area contributed by atoms with Crippen molar-refractivity contribution in [3.8, 4) is 0 Å². The zero-order valence-corrected chi connectivity index (χ0v) is 11.8. The molecule has 0 aliphatic heterocycles. The summed E-state index contributed by atoms with van der Waals surface area (Å²) in [7, 11) is 2.16. The minimum Gasteiger partial charge on any atom is -0.311 e. The van der Waals surface area contributed by atoms with Crippen molar-refractivity contribution in [1.29, 1.82) is 0 Å². The Balaban J connectivity index is 2.26. The Morgan fingerprint density at radius 3 is 2.62 bits per heavy atom. The van der Waals surface area contributed by atoms with E-state index >= 15 is 0 Å². The lowest BCUT2D eigenvalue weighted by atomic mass is 10.1. The molecule has 0 atom stereocenters. The second-order valence-corrected chi connectivity index (χ2v) is 6.21. The fraction of sp³-hybridized carbons (Fsp3) is 0.750. The minimum atomic E-state index is 0.210. The minimum absolute atomic E-state index is 0.210. The van der Waals surface area contributed by atoms with E-state index in [9.17, 15) is 0 Å². The maximum atomic E-state index is 4.27. The normalized spacial score (nSPS) is 12.4. The first-order valence-electron chi connectivity index (χ1n) is 5.71. The highest BCUT2D eigenvalue weighted by Gasteiger charge is 2.09. The van der Waals surface area contributed by atoms with Crippen molar-refractivity contribution in [2.45, 2.75) is 39.8 Å². The summed E-state index contributed by atoms with van der Waals surface area (Å²) in [5.41, 5.74) is 3.30. The topological polar surface area (TPSA) is 28.2 Å². The monoisotopic (exact) mass is 241 g/mol. The van der Waals surface area contributed by atoms with E-state index < -0.39 is 0 Å². The highest BCUT2D eigenvalue weighted by Crippen LogP contribution is 2.13. The quantitative estimate of drug-likeness (QED) is 0.857. The SMILES string of the molecule is Cc1ncsc1CN(C)CCNC(C)(C)C. The maximum absolute atomic E-state index is 4.27. The van der Waals surface area contributed by atoms with E-state index in [1.807, 2.05) is 5.51 Å². The van der Waals surface area contributed by atoms with Gasteiger partial charge in [-0.2, -0.15) is 0 Å². The van der Waals surface area contributed by atoms with Crippen LogP contribution in [-0.2, 0) is 6.54 Å². The Hall–Kier alpha value is -0.450. The number of hydrogen-bond acceptors (Lipinski definition) is 4. The predicted octanol–water partition coefficient (Wildman–Crippen LogP) is 2.27. The van der Waals surface area contributed by atoms with Crippen molar-refractivity contribution in [3.63, 3.8) is 0 Å². The molecule has 0 radical (unpaired) electrons. The first kappa shape index (κ1) is 13.6. The maximum Gasteiger partial charge on any atom is 0.0798 e. The summed E-state index contributed by atoms with van der Waals surface area (Å²) in [6.07, 6.45) is 0. The Morgan fingerprint density at radius 1 is 1.44 bits per heavy atom. The number of nitrogens with one attached hydrogen (secondary N) is 1. The molecule has 3 nitrogen and oxygen atoms in total. The number of hydrogen-bond donors (Lipinski definition) is 1. The van der Waals surface area contributed by atoms with Gasteiger partial charge in [-0.05, 0) is 34.7 Å². The highest BCUT2D eigenvalue weighted by molar-refractivity contribution is 7.09. The summed E-state index contributed by atoms with van der Waals surface area (Å²) in [6.45, 7) is 11.8. The second kappa shape index (κ2) is 5.75. The van der Waals surface area contributed by atoms with Gasteiger partial charge in [0.1, 0.15) is 0 Å². The molecule has 1 N–H and O–H groups in total. The van der Waals surface area contributed by atoms with E-state index in [0.29, 0.717) is 0 Å². The molecular formula is C12H23N3S. The average Bonchev–Trinajstić information content (AvgIpc) is 2.49. The van der Waals surface area contributed by atoms with Crippen molar-refractivity contribution in [2.24, 2.45) is 0 Å². The van der Waals surface area contributed by atoms with Crippen molar-refractivity contribution in [1.82, 2.24) is 15.2 Å². The third-order valence-corrected chi connectivity index (χ3v) is 3.33. The molecule has 16 heavy (non-hydrogen) atoms. The molecule has 0 amide bonds. The molecule has 4 heteroatoms. The number of nitrogens with zero attached hydrogens (tertiary/aromatic N) is 2. The van der Waals surface area contributed by atoms with Gasteiger partial charge in [-0.3, -0.25) is 4.90 Å². The van der Waals surface area contributed by atoms with Crippen LogP contribution in [0.1, 0.15) is 31.3 Å². The first-order valence-corrected chi connectivity index (χ1v) is 6.59. The van der Waals surface area contributed by atoms with Crippen molar-refractivity contribution in [2.75, 3.05) is 20.1 Å². The first-order chi connectivity index (χ1) is 7.38. The molecule has 92 valence electrons. The number of likely N-dealkylation sites (N-methyl/N-ethyl adjacent to an activating group) is 1. The van der Waals surface area contributed by atoms with E-state index in [4.69, 9.17) is 0 Å². The van der Waals surface area contributed by atoms with Gasteiger partial charge >= 0.3 is 0 Å². The zero-order valence-electron chi connectivity index (χ0n) is 11.0. The molecule has 0 aliphatic rings. The third-order valence-electron chi connectivity index (χ3n) is 2.41. The van der Waals surface area contributed by atoms with E-state index in [-0.39, 0.29) is 5.54 Å². The molecular weight excluding hydrogens is 218 g/mol. The molecule has 1 rings (SSSR count). The van der Waals surface area contributed by atoms with E-state index in [1.54, 1.807) is 11.3 Å². The zero-order chi connectivity index (χ0) is 12.2. The van der Waals surface area contributed by atoms with Crippen LogP contribution in [-0.4, -0.2) is 35.6 Å². The Bertz CT molecular complexity index is 314. The molecule has 0 saturated carbocycles. The summed E-state index contributed by atoms with van der Waals surface area (Å²) in [6, 6.07) is 0. The van der Waals surface area contributed by atoms with Gasteiger partial charge in [-0.25, -0.2) is 4.98 Å². The fourth-order valence-corrected chi connectivity index (χ4v) is 2.28. The second-order valence-electron chi connectivity index (χ2n) is 5.28. The molecule has 0 fully saturated rings. The van der Waals surface area contributed by atoms with Crippen LogP contribution in [0, 0.1) is 6.92 Å². The van der Waals surface area contributed by atoms with Crippen LogP contribution in [0.2, 0.25) is 0 Å². The van der Waals surface area contributed by atoms with Crippen LogP contribution < -0.4 is 5.32 Å². The molecule has 0 unspecified atom stereocenters. The van der Waals surface area contributed by atoms with E-state index in [0.717, 1.165) is 19.6 Å². The third kappa shape index (κ3) is 5.05. The van der Waals surface area contributed by atoms with E-state index in [2.05, 4.69) is 49.9 Å². The summed E-state index contributed by atoms with van der Waals surface area (Å²) in [5.74, 6) is 0. The van der Waals surface area contributed by atoms with E-state index in [1.165, 1.54) is 10.6 Å². The van der Waals surface area contributed by atoms with Crippen LogP contribution in [0.3, 0.4) is 0 Å². The van der Waals surface area contributed by atoms with Gasteiger partial charge in [0.25, 0.3) is 0 Å². The fourth-order valence-electron chi connectivity index (χ4n) is 1.42. The van der Waals surface area contributed by atoms with Crippen molar-refractivity contribution in [3.05, 3.63) is 16.1 Å². The van der Waals surface area contributed by atoms with Gasteiger partial charge in [-0.1, -0.05) is 0 Å². The lowest BCUT2D eigenvalue weighted by Gasteiger charge is -2.23. The highest BCUT2D eigenvalue weighted by atomic mass is 32.1. The number of aryl methyl sites for hydroxylation is 1. The van der Waals surface area contributed by atoms with Crippen molar-refractivity contribution >= 4 is 11.3 Å². The van der Waals surface area contributed by atoms with Crippen LogP contribution in [0.5, 0.6) is 0 Å². The van der Waals surface area contributed by atoms with Crippen molar-refractivity contribution < 1.29 is 0 Å². The molecule has 0 spiro atoms. The molecule has 1 aromatic rings. The number of thiazole rings is 1. The summed E-state index contributed by atoms with van der Waals surface area (Å²) >= 11 is 1.74. The number of aromatic nitrogens is 1. The number of rotatable bonds is 5. The Morgan fingerprint density at radius 2 is 2.12 bits per heavy atom. The standard InChI is InChI=1S/C12H23N3S/c1-10-11(16-9-13-10)8-15(5)7-6-14-12(2,3)4/h9,14H,6-8H2,1-5H3. The Kier molecular flexibility index (Phi) is 4.89. The molecule has 0 saturated heterocycles. The molecule has 0 aromatic carbocycles. The van der Waals surface area contributed by atoms with Gasteiger partial charge in [0.15, 0.2) is 0 Å². The Labute approximate surface area is 103 Å². The summed E-state index contributed by atoms with van der Waals surface area (Å²) in [4.78, 5) is 7.97. The summed E-state index contributed by atoms with van der Waals surface area (Å²) in [5, 5.41) is 3.49. The van der Waals surface area contributed by atoms with Gasteiger partial charge in [0.05, 0.1) is 11.2 Å². The van der Waals surface area contributed by atoms with Gasteiger partial charge in [-0.15, -0.1) is 11.3 Å². The van der Waals surface area contributed by atoms with Crippen LogP contribution in [0.15, 0.2) is 5.51 Å². The van der Waals surface area contributed by atoms with Gasteiger partial charge in [0.2, 0.25) is 0 Å². The van der Waals surface area contributed by atoms with Gasteiger partial charge in [0, 0.05) is 30.1 Å². The largest absolute Gasteiger partial charge is 0.311 e. The molecule has 0 bridgehead atoms. The van der Waals surface area contributed by atoms with Crippen LogP contribution in [0.25, 0.3) is 0 Å². The smallest absolute Gasteiger partial charge is 0.0798 e. The molecule has 1 aromatic heterocycles. The molecule has 0 aliphatic carbocycles. The van der Waals surface area contributed by atoms with Gasteiger partial charge < -0.3 is 5.32 Å². The lowest BCUT2D eigenvalue weighted by molar-refractivity contribution is 0.305. The summed E-state index contributed by atoms with van der Waals surface area (Å²) < 4.78 is 0. The predicted molar refractivity (Wildman–Crippen MR) is 70.9 cm³/mol. The lowest BCUT2D eigenvalue weighted by Crippen LogP contribution is -2.40. The van der Waals surface area contributed by atoms with Crippen LogP contribution >= 0.6 is 11.3 Å². The molecule has 1 heterocycles.